The zero-order chi connectivity index (χ0) is 22.4. The summed E-state index contributed by atoms with van der Waals surface area (Å²) < 4.78 is 18.7. The van der Waals surface area contributed by atoms with E-state index in [-0.39, 0.29) is 12.5 Å². The first kappa shape index (κ1) is 22.1. The molecule has 31 heavy (non-hydrogen) atoms. The summed E-state index contributed by atoms with van der Waals surface area (Å²) in [6.07, 6.45) is 5.35. The summed E-state index contributed by atoms with van der Waals surface area (Å²) in [7, 11) is 0. The molecule has 2 amide bonds. The highest BCUT2D eigenvalue weighted by atomic mass is 19.1. The summed E-state index contributed by atoms with van der Waals surface area (Å²) in [4.78, 5) is 28.7. The molecule has 0 radical (unpaired) electrons. The van der Waals surface area contributed by atoms with Gasteiger partial charge >= 0.3 is 6.09 Å². The van der Waals surface area contributed by atoms with Crippen LogP contribution in [0, 0.1) is 13.8 Å². The van der Waals surface area contributed by atoms with Gasteiger partial charge in [0.2, 0.25) is 0 Å². The summed E-state index contributed by atoms with van der Waals surface area (Å²) in [5.41, 5.74) is 4.33. The van der Waals surface area contributed by atoms with Crippen LogP contribution in [0.3, 0.4) is 0 Å². The summed E-state index contributed by atoms with van der Waals surface area (Å²) in [6.45, 7) is 5.38. The van der Waals surface area contributed by atoms with Crippen molar-refractivity contribution in [2.75, 3.05) is 30.5 Å². The number of ether oxygens (including phenoxy) is 1. The molecule has 0 unspecified atom stereocenters. The molecule has 0 saturated carbocycles. The molecule has 164 valence electrons. The van der Waals surface area contributed by atoms with Gasteiger partial charge in [-0.3, -0.25) is 10.1 Å². The Labute approximate surface area is 179 Å². The second kappa shape index (κ2) is 9.92. The number of halogens is 1. The van der Waals surface area contributed by atoms with Crippen molar-refractivity contribution < 1.29 is 18.7 Å². The van der Waals surface area contributed by atoms with Crippen molar-refractivity contribution in [1.82, 2.24) is 14.7 Å². The summed E-state index contributed by atoms with van der Waals surface area (Å²) in [5, 5.41) is 8.76. The van der Waals surface area contributed by atoms with Gasteiger partial charge in [-0.1, -0.05) is 13.0 Å². The van der Waals surface area contributed by atoms with Crippen molar-refractivity contribution in [3.8, 4) is 0 Å². The predicted octanol–water partition coefficient (Wildman–Crippen LogP) is 4.35. The average Bonchev–Trinajstić information content (AvgIpc) is 3.10. The van der Waals surface area contributed by atoms with Crippen LogP contribution in [0.1, 0.15) is 34.8 Å². The minimum absolute atomic E-state index is 0.122. The molecule has 0 saturated heterocycles. The molecule has 9 heteroatoms. The second-order valence-electron chi connectivity index (χ2n) is 7.06. The standard InChI is InChI=1S/C22H26FN5O3/c1-4-8-25-21(29)17-13-28-10-9-24-20(19(28)15(17)3)27-18-12-16(6-5-14(18)2)26-22(30)31-11-7-23/h5-6,9-10,12-13H,4,7-8,11H2,1-3H3,(H,24,27)(H,25,29)(H,26,30). The van der Waals surface area contributed by atoms with Crippen LogP contribution in [0.25, 0.3) is 5.52 Å². The smallest absolute Gasteiger partial charge is 0.411 e. The fourth-order valence-electron chi connectivity index (χ4n) is 3.18. The quantitative estimate of drug-likeness (QED) is 0.497. The monoisotopic (exact) mass is 427 g/mol. The van der Waals surface area contributed by atoms with Gasteiger partial charge in [-0.05, 0) is 43.5 Å². The number of nitrogens with one attached hydrogen (secondary N) is 3. The van der Waals surface area contributed by atoms with Crippen molar-refractivity contribution in [1.29, 1.82) is 0 Å². The molecule has 0 bridgehead atoms. The van der Waals surface area contributed by atoms with Crippen LogP contribution in [0.5, 0.6) is 0 Å². The average molecular weight is 427 g/mol. The first-order valence-corrected chi connectivity index (χ1v) is 10.1. The highest BCUT2D eigenvalue weighted by Gasteiger charge is 2.17. The van der Waals surface area contributed by atoms with Crippen molar-refractivity contribution in [2.24, 2.45) is 0 Å². The predicted molar refractivity (Wildman–Crippen MR) is 118 cm³/mol. The molecule has 0 spiro atoms. The Morgan fingerprint density at radius 3 is 2.81 bits per heavy atom. The zero-order valence-electron chi connectivity index (χ0n) is 17.8. The van der Waals surface area contributed by atoms with Crippen LogP contribution >= 0.6 is 0 Å². The first-order valence-electron chi connectivity index (χ1n) is 10.1. The molecule has 8 nitrogen and oxygen atoms in total. The topological polar surface area (TPSA) is 96.8 Å². The number of fused-ring (bicyclic) bond motifs is 1. The van der Waals surface area contributed by atoms with E-state index in [0.717, 1.165) is 28.8 Å². The molecule has 3 N–H and O–H groups in total. The zero-order valence-corrected chi connectivity index (χ0v) is 17.8. The van der Waals surface area contributed by atoms with Crippen LogP contribution in [-0.4, -0.2) is 41.2 Å². The Kier molecular flexibility index (Phi) is 7.07. The SMILES string of the molecule is CCCNC(=O)c1cn2ccnc(Nc3cc(NC(=O)OCCF)ccc3C)c2c1C. The van der Waals surface area contributed by atoms with Crippen LogP contribution in [0.15, 0.2) is 36.8 Å². The number of hydrogen-bond acceptors (Lipinski definition) is 5. The van der Waals surface area contributed by atoms with Crippen molar-refractivity contribution in [2.45, 2.75) is 27.2 Å². The third-order valence-corrected chi connectivity index (χ3v) is 4.77. The number of carbonyl (C=O) groups is 2. The number of benzene rings is 1. The largest absolute Gasteiger partial charge is 0.447 e. The van der Waals surface area contributed by atoms with Crippen molar-refractivity contribution in [3.05, 3.63) is 53.5 Å². The van der Waals surface area contributed by atoms with E-state index in [9.17, 15) is 14.0 Å². The van der Waals surface area contributed by atoms with Crippen LogP contribution in [0.4, 0.5) is 26.4 Å². The molecule has 3 rings (SSSR count). The molecule has 0 atom stereocenters. The van der Waals surface area contributed by atoms with E-state index in [4.69, 9.17) is 4.74 Å². The Morgan fingerprint density at radius 2 is 2.06 bits per heavy atom. The van der Waals surface area contributed by atoms with E-state index < -0.39 is 12.8 Å². The lowest BCUT2D eigenvalue weighted by Crippen LogP contribution is -2.24. The van der Waals surface area contributed by atoms with Gasteiger partial charge in [-0.15, -0.1) is 0 Å². The number of amides is 2. The summed E-state index contributed by atoms with van der Waals surface area (Å²) in [6, 6.07) is 5.30. The summed E-state index contributed by atoms with van der Waals surface area (Å²) >= 11 is 0. The Hall–Kier alpha value is -3.62. The molecule has 0 aliphatic rings. The van der Waals surface area contributed by atoms with Gasteiger partial charge in [0.25, 0.3) is 5.91 Å². The normalized spacial score (nSPS) is 10.7. The van der Waals surface area contributed by atoms with E-state index >= 15 is 0 Å². The number of hydrogen-bond donors (Lipinski definition) is 3. The number of aromatic nitrogens is 2. The number of carbonyl (C=O) groups excluding carboxylic acids is 2. The molecule has 1 aromatic carbocycles. The molecule has 0 aliphatic carbocycles. The second-order valence-corrected chi connectivity index (χ2v) is 7.06. The van der Waals surface area contributed by atoms with Gasteiger partial charge < -0.3 is 19.8 Å². The van der Waals surface area contributed by atoms with E-state index in [1.807, 2.05) is 31.2 Å². The first-order chi connectivity index (χ1) is 14.9. The maximum Gasteiger partial charge on any atom is 0.411 e. The molecular weight excluding hydrogens is 401 g/mol. The minimum Gasteiger partial charge on any atom is -0.447 e. The number of anilines is 3. The lowest BCUT2D eigenvalue weighted by molar-refractivity contribution is 0.0953. The minimum atomic E-state index is -0.737. The maximum absolute atomic E-state index is 12.5. The number of nitrogens with zero attached hydrogens (tertiary/aromatic N) is 2. The fourth-order valence-corrected chi connectivity index (χ4v) is 3.18. The highest BCUT2D eigenvalue weighted by molar-refractivity contribution is 5.99. The lowest BCUT2D eigenvalue weighted by atomic mass is 10.1. The lowest BCUT2D eigenvalue weighted by Gasteiger charge is -2.13. The molecule has 3 aromatic rings. The molecular formula is C22H26FN5O3. The third kappa shape index (κ3) is 5.11. The maximum atomic E-state index is 12.5. The number of aryl methyl sites for hydroxylation is 2. The van der Waals surface area contributed by atoms with Crippen molar-refractivity contribution in [3.63, 3.8) is 0 Å². The third-order valence-electron chi connectivity index (χ3n) is 4.77. The van der Waals surface area contributed by atoms with Crippen LogP contribution in [0.2, 0.25) is 0 Å². The van der Waals surface area contributed by atoms with Gasteiger partial charge in [0, 0.05) is 36.5 Å². The molecule has 0 aliphatic heterocycles. The Bertz CT molecular complexity index is 1100. The highest BCUT2D eigenvalue weighted by Crippen LogP contribution is 2.29. The van der Waals surface area contributed by atoms with E-state index in [1.165, 1.54) is 0 Å². The number of rotatable bonds is 8. The Morgan fingerprint density at radius 1 is 1.26 bits per heavy atom. The fraction of sp³-hybridized carbons (Fsp3) is 0.318. The summed E-state index contributed by atoms with van der Waals surface area (Å²) in [5.74, 6) is 0.456. The Balaban J connectivity index is 1.89. The van der Waals surface area contributed by atoms with Crippen LogP contribution < -0.4 is 16.0 Å². The van der Waals surface area contributed by atoms with Gasteiger partial charge in [-0.2, -0.15) is 0 Å². The van der Waals surface area contributed by atoms with E-state index in [0.29, 0.717) is 23.6 Å². The van der Waals surface area contributed by atoms with E-state index in [1.54, 1.807) is 30.7 Å². The van der Waals surface area contributed by atoms with Gasteiger partial charge in [0.1, 0.15) is 13.3 Å². The van der Waals surface area contributed by atoms with Gasteiger partial charge in [0.05, 0.1) is 11.1 Å². The van der Waals surface area contributed by atoms with E-state index in [2.05, 4.69) is 20.9 Å². The molecule has 0 fully saturated rings. The molecule has 2 heterocycles. The van der Waals surface area contributed by atoms with Gasteiger partial charge in [0.15, 0.2) is 5.82 Å². The molecule has 2 aromatic heterocycles. The van der Waals surface area contributed by atoms with Crippen LogP contribution in [-0.2, 0) is 4.74 Å². The number of alkyl halides is 1. The van der Waals surface area contributed by atoms with Crippen molar-refractivity contribution >= 4 is 34.7 Å². The van der Waals surface area contributed by atoms with Gasteiger partial charge in [-0.25, -0.2) is 14.2 Å².